The molecule has 0 radical (unpaired) electrons. The minimum Gasteiger partial charge on any atom is -0.316 e. The molecule has 2 saturated carbocycles. The third-order valence-corrected chi connectivity index (χ3v) is 10.0. The van der Waals surface area contributed by atoms with Crippen LogP contribution in [0.15, 0.2) is 61.2 Å². The van der Waals surface area contributed by atoms with Gasteiger partial charge in [-0.15, -0.1) is 6.58 Å². The predicted octanol–water partition coefficient (Wildman–Crippen LogP) is 11.9. The van der Waals surface area contributed by atoms with Gasteiger partial charge in [0.05, 0.1) is 12.2 Å². The van der Waals surface area contributed by atoms with E-state index in [9.17, 15) is 8.78 Å². The zero-order chi connectivity index (χ0) is 28.9. The molecule has 0 aliphatic heterocycles. The van der Waals surface area contributed by atoms with Crippen molar-refractivity contribution in [1.82, 2.24) is 0 Å². The number of hydrogen-bond acceptors (Lipinski definition) is 1. The van der Waals surface area contributed by atoms with Crippen molar-refractivity contribution in [3.8, 4) is 0 Å². The molecule has 2 aromatic rings. The molecule has 226 valence electrons. The van der Waals surface area contributed by atoms with Crippen LogP contribution in [0, 0.1) is 11.8 Å². The summed E-state index contributed by atoms with van der Waals surface area (Å²) in [5, 5.41) is 0. The molecule has 0 atom stereocenters. The fourth-order valence-corrected chi connectivity index (χ4v) is 7.25. The predicted molar refractivity (Wildman–Crippen MR) is 169 cm³/mol. The van der Waals surface area contributed by atoms with Crippen molar-refractivity contribution in [3.63, 3.8) is 0 Å². The Hall–Kier alpha value is -2.00. The first kappa shape index (κ1) is 31.9. The van der Waals surface area contributed by atoms with E-state index in [1.165, 1.54) is 94.6 Å². The number of rotatable bonds is 16. The van der Waals surface area contributed by atoms with E-state index in [4.69, 9.17) is 4.74 Å². The van der Waals surface area contributed by atoms with Crippen molar-refractivity contribution in [3.05, 3.63) is 83.4 Å². The summed E-state index contributed by atoms with van der Waals surface area (Å²) in [4.78, 5) is 0. The fraction of sp³-hybridized carbons (Fsp3) is 0.632. The second-order valence-corrected chi connectivity index (χ2v) is 13.0. The number of halogens is 2. The van der Waals surface area contributed by atoms with Gasteiger partial charge in [0.15, 0.2) is 0 Å². The highest BCUT2D eigenvalue weighted by Gasteiger charge is 2.33. The number of benzene rings is 2. The second-order valence-electron chi connectivity index (χ2n) is 13.0. The molecule has 0 unspecified atom stereocenters. The lowest BCUT2D eigenvalue weighted by Gasteiger charge is -2.29. The lowest BCUT2D eigenvalue weighted by Crippen LogP contribution is -2.20. The van der Waals surface area contributed by atoms with Gasteiger partial charge < -0.3 is 4.74 Å². The summed E-state index contributed by atoms with van der Waals surface area (Å²) in [6.45, 7) is 6.11. The van der Waals surface area contributed by atoms with Crippen LogP contribution in [-0.2, 0) is 17.3 Å². The van der Waals surface area contributed by atoms with E-state index < -0.39 is 6.11 Å². The average Bonchev–Trinajstić information content (AvgIpc) is 3.01. The van der Waals surface area contributed by atoms with Crippen LogP contribution in [0.3, 0.4) is 0 Å². The first-order valence-corrected chi connectivity index (χ1v) is 16.8. The lowest BCUT2D eigenvalue weighted by molar-refractivity contribution is -0.248. The number of unbranched alkanes of at least 4 members (excludes halogenated alkanes) is 4. The van der Waals surface area contributed by atoms with Gasteiger partial charge in [-0.1, -0.05) is 100 Å². The Morgan fingerprint density at radius 3 is 1.83 bits per heavy atom. The summed E-state index contributed by atoms with van der Waals surface area (Å²) in [6, 6.07) is 15.6. The third-order valence-electron chi connectivity index (χ3n) is 10.0. The molecule has 0 heterocycles. The number of hydrogen-bond donors (Lipinski definition) is 0. The Balaban J connectivity index is 1.16. The van der Waals surface area contributed by atoms with E-state index in [1.54, 1.807) is 12.1 Å². The average molecular weight is 565 g/mol. The first-order valence-electron chi connectivity index (χ1n) is 16.8. The van der Waals surface area contributed by atoms with Crippen molar-refractivity contribution < 1.29 is 13.5 Å². The van der Waals surface area contributed by atoms with Crippen LogP contribution < -0.4 is 0 Å². The van der Waals surface area contributed by atoms with Gasteiger partial charge in [0.2, 0.25) is 0 Å². The van der Waals surface area contributed by atoms with Crippen molar-refractivity contribution >= 4 is 0 Å². The third kappa shape index (κ3) is 10.1. The Morgan fingerprint density at radius 1 is 0.732 bits per heavy atom. The zero-order valence-corrected chi connectivity index (χ0v) is 25.6. The largest absolute Gasteiger partial charge is 0.383 e. The highest BCUT2D eigenvalue weighted by molar-refractivity contribution is 5.28. The molecule has 0 bridgehead atoms. The summed E-state index contributed by atoms with van der Waals surface area (Å²) in [5.41, 5.74) is 3.60. The van der Waals surface area contributed by atoms with E-state index in [-0.39, 0.29) is 12.2 Å². The molecule has 0 aromatic heterocycles. The fourth-order valence-electron chi connectivity index (χ4n) is 7.25. The van der Waals surface area contributed by atoms with Gasteiger partial charge in [0.25, 0.3) is 0 Å². The topological polar surface area (TPSA) is 9.23 Å². The van der Waals surface area contributed by atoms with Gasteiger partial charge in [-0.25, -0.2) is 0 Å². The standard InChI is InChI=1S/C38H54F2O/c1-3-5-7-8-9-11-31-14-20-33(21-15-31)34-22-16-32(17-23-34)28-29-41-38(39,40)37-26-24-36(25-27-37)35-18-12-30(13-19-35)10-6-4-2/h4,16-17,22-27,30-31,33,35H,2-3,5-15,18-21,28-29H2,1H3. The van der Waals surface area contributed by atoms with Crippen LogP contribution in [0.1, 0.15) is 144 Å². The number of alkyl halides is 2. The Morgan fingerprint density at radius 2 is 1.27 bits per heavy atom. The smallest absolute Gasteiger partial charge is 0.316 e. The van der Waals surface area contributed by atoms with E-state index >= 15 is 0 Å². The molecule has 41 heavy (non-hydrogen) atoms. The van der Waals surface area contributed by atoms with Gasteiger partial charge in [-0.2, -0.15) is 8.78 Å². The number of ether oxygens (including phenoxy) is 1. The van der Waals surface area contributed by atoms with Gasteiger partial charge >= 0.3 is 6.11 Å². The molecular weight excluding hydrogens is 510 g/mol. The van der Waals surface area contributed by atoms with E-state index in [2.05, 4.69) is 37.8 Å². The van der Waals surface area contributed by atoms with Crippen molar-refractivity contribution in [2.45, 2.75) is 134 Å². The quantitative estimate of drug-likeness (QED) is 0.145. The molecule has 2 aliphatic carbocycles. The monoisotopic (exact) mass is 564 g/mol. The summed E-state index contributed by atoms with van der Waals surface area (Å²) < 4.78 is 34.8. The van der Waals surface area contributed by atoms with Gasteiger partial charge in [-0.3, -0.25) is 0 Å². The summed E-state index contributed by atoms with van der Waals surface area (Å²) in [7, 11) is 0. The molecule has 2 aliphatic rings. The minimum absolute atomic E-state index is 0.00614. The summed E-state index contributed by atoms with van der Waals surface area (Å²) in [6.07, 6.45) is 19.8. The molecule has 2 fully saturated rings. The van der Waals surface area contributed by atoms with Crippen LogP contribution in [0.25, 0.3) is 0 Å². The van der Waals surface area contributed by atoms with Gasteiger partial charge in [-0.05, 0) is 111 Å². The Bertz CT molecular complexity index is 996. The molecule has 0 saturated heterocycles. The van der Waals surface area contributed by atoms with E-state index in [0.29, 0.717) is 18.3 Å². The van der Waals surface area contributed by atoms with Crippen LogP contribution in [0.2, 0.25) is 0 Å². The highest BCUT2D eigenvalue weighted by atomic mass is 19.3. The van der Waals surface area contributed by atoms with Crippen LogP contribution in [0.4, 0.5) is 8.78 Å². The molecule has 0 N–H and O–H groups in total. The molecule has 0 amide bonds. The Labute approximate surface area is 249 Å². The molecular formula is C38H54F2O. The first-order chi connectivity index (χ1) is 20.0. The van der Waals surface area contributed by atoms with Crippen molar-refractivity contribution in [2.75, 3.05) is 6.61 Å². The molecule has 4 rings (SSSR count). The van der Waals surface area contributed by atoms with E-state index in [0.717, 1.165) is 36.7 Å². The normalized spacial score (nSPS) is 23.4. The summed E-state index contributed by atoms with van der Waals surface area (Å²) in [5.74, 6) is 2.83. The molecule has 3 heteroatoms. The van der Waals surface area contributed by atoms with Crippen LogP contribution >= 0.6 is 0 Å². The maximum absolute atomic E-state index is 14.8. The SMILES string of the molecule is C=CCCC1CCC(c2ccc(C(F)(F)OCCc3ccc(C4CCC(CCCCCCC)CC4)cc3)cc2)CC1. The zero-order valence-electron chi connectivity index (χ0n) is 25.6. The summed E-state index contributed by atoms with van der Waals surface area (Å²) >= 11 is 0. The highest BCUT2D eigenvalue weighted by Crippen LogP contribution is 2.40. The number of allylic oxidation sites excluding steroid dienone is 1. The van der Waals surface area contributed by atoms with Crippen LogP contribution in [-0.4, -0.2) is 6.61 Å². The molecule has 2 aromatic carbocycles. The lowest BCUT2D eigenvalue weighted by atomic mass is 9.77. The van der Waals surface area contributed by atoms with Gasteiger partial charge in [0.1, 0.15) is 0 Å². The van der Waals surface area contributed by atoms with Gasteiger partial charge in [0, 0.05) is 0 Å². The maximum Gasteiger partial charge on any atom is 0.383 e. The van der Waals surface area contributed by atoms with Crippen molar-refractivity contribution in [2.24, 2.45) is 11.8 Å². The maximum atomic E-state index is 14.8. The Kier molecular flexibility index (Phi) is 12.9. The van der Waals surface area contributed by atoms with Crippen LogP contribution in [0.5, 0.6) is 0 Å². The minimum atomic E-state index is -3.27. The van der Waals surface area contributed by atoms with E-state index in [1.807, 2.05) is 18.2 Å². The van der Waals surface area contributed by atoms with Crippen molar-refractivity contribution in [1.29, 1.82) is 0 Å². The molecule has 0 spiro atoms. The molecule has 1 nitrogen and oxygen atoms in total. The second kappa shape index (κ2) is 16.6.